The van der Waals surface area contributed by atoms with Crippen LogP contribution in [-0.4, -0.2) is 19.9 Å². The fourth-order valence-corrected chi connectivity index (χ4v) is 0.918. The van der Waals surface area contributed by atoms with Crippen molar-refractivity contribution >= 4 is 17.1 Å². The van der Waals surface area contributed by atoms with Crippen molar-refractivity contribution in [2.24, 2.45) is 5.11 Å². The predicted octanol–water partition coefficient (Wildman–Crippen LogP) is 0.588. The van der Waals surface area contributed by atoms with Gasteiger partial charge in [0.1, 0.15) is 0 Å². The van der Waals surface area contributed by atoms with E-state index in [9.17, 15) is 4.79 Å². The van der Waals surface area contributed by atoms with Crippen molar-refractivity contribution in [3.05, 3.63) is 27.1 Å². The molecular formula is C5H3N7O. The molecule has 0 unspecified atom stereocenters. The number of fused-ring (bicyclic) bond motifs is 1. The first kappa shape index (κ1) is 7.32. The van der Waals surface area contributed by atoms with Gasteiger partial charge in [0.05, 0.1) is 6.33 Å². The maximum atomic E-state index is 11.1. The summed E-state index contributed by atoms with van der Waals surface area (Å²) in [5.74, 6) is 0.0294. The standard InChI is InChI=1S/C5H3N7O/c6-12-11-5-9-2-3(10-5)7-1-8-4(2)13/h1H,(H2,7,8,9,10,13). The molecule has 64 valence electrons. The fourth-order valence-electron chi connectivity index (χ4n) is 0.918. The van der Waals surface area contributed by atoms with Gasteiger partial charge in [0.15, 0.2) is 17.1 Å². The van der Waals surface area contributed by atoms with E-state index >= 15 is 0 Å². The van der Waals surface area contributed by atoms with Crippen molar-refractivity contribution in [1.29, 1.82) is 0 Å². The molecule has 0 aliphatic heterocycles. The van der Waals surface area contributed by atoms with Crippen LogP contribution in [0.1, 0.15) is 0 Å². The summed E-state index contributed by atoms with van der Waals surface area (Å²) in [4.78, 5) is 26.0. The molecule has 0 amide bonds. The van der Waals surface area contributed by atoms with Gasteiger partial charge in [-0.05, 0) is 10.6 Å². The van der Waals surface area contributed by atoms with Gasteiger partial charge in [0.2, 0.25) is 0 Å². The topological polar surface area (TPSA) is 123 Å². The number of imidazole rings is 1. The van der Waals surface area contributed by atoms with Crippen LogP contribution in [0.4, 0.5) is 5.95 Å². The van der Waals surface area contributed by atoms with Crippen LogP contribution < -0.4 is 5.56 Å². The molecule has 0 fully saturated rings. The molecule has 8 heteroatoms. The van der Waals surface area contributed by atoms with E-state index in [1.54, 1.807) is 0 Å². The molecule has 0 radical (unpaired) electrons. The van der Waals surface area contributed by atoms with E-state index in [1.165, 1.54) is 6.33 Å². The van der Waals surface area contributed by atoms with Crippen molar-refractivity contribution in [3.8, 4) is 0 Å². The summed E-state index contributed by atoms with van der Waals surface area (Å²) in [6.07, 6.45) is 1.23. The van der Waals surface area contributed by atoms with Gasteiger partial charge in [0.25, 0.3) is 5.56 Å². The number of nitrogens with one attached hydrogen (secondary N) is 2. The Labute approximate surface area is 70.3 Å². The van der Waals surface area contributed by atoms with Crippen LogP contribution in [0.25, 0.3) is 21.6 Å². The Morgan fingerprint density at radius 3 is 3.15 bits per heavy atom. The Bertz CT molecular complexity index is 545. The predicted molar refractivity (Wildman–Crippen MR) is 43.3 cm³/mol. The minimum Gasteiger partial charge on any atom is -0.331 e. The van der Waals surface area contributed by atoms with Crippen molar-refractivity contribution in [1.82, 2.24) is 19.9 Å². The molecule has 2 aromatic rings. The van der Waals surface area contributed by atoms with Crippen LogP contribution in [0, 0.1) is 0 Å². The van der Waals surface area contributed by atoms with E-state index in [0.717, 1.165) is 0 Å². The van der Waals surface area contributed by atoms with Gasteiger partial charge < -0.3 is 9.97 Å². The Balaban J connectivity index is 2.82. The molecule has 2 aromatic heterocycles. The molecule has 2 heterocycles. The van der Waals surface area contributed by atoms with Crippen LogP contribution in [0.5, 0.6) is 0 Å². The van der Waals surface area contributed by atoms with Crippen LogP contribution in [0.2, 0.25) is 0 Å². The van der Waals surface area contributed by atoms with Crippen LogP contribution in [-0.2, 0) is 0 Å². The third-order valence-corrected chi connectivity index (χ3v) is 1.42. The van der Waals surface area contributed by atoms with Gasteiger partial charge in [-0.15, -0.1) is 0 Å². The van der Waals surface area contributed by atoms with E-state index in [1.807, 2.05) is 0 Å². The lowest BCUT2D eigenvalue weighted by atomic mass is 10.6. The zero-order valence-electron chi connectivity index (χ0n) is 6.22. The zero-order chi connectivity index (χ0) is 9.26. The number of hydrogen-bond acceptors (Lipinski definition) is 4. The maximum absolute atomic E-state index is 11.1. The summed E-state index contributed by atoms with van der Waals surface area (Å²) >= 11 is 0. The highest BCUT2D eigenvalue weighted by Crippen LogP contribution is 2.09. The highest BCUT2D eigenvalue weighted by molar-refractivity contribution is 5.70. The second kappa shape index (κ2) is 2.61. The number of azide groups is 1. The van der Waals surface area contributed by atoms with Crippen molar-refractivity contribution in [2.45, 2.75) is 0 Å². The van der Waals surface area contributed by atoms with Gasteiger partial charge >= 0.3 is 0 Å². The first-order valence-electron chi connectivity index (χ1n) is 3.30. The average molecular weight is 177 g/mol. The molecule has 0 aliphatic rings. The molecule has 2 rings (SSSR count). The van der Waals surface area contributed by atoms with Crippen molar-refractivity contribution in [2.75, 3.05) is 0 Å². The SMILES string of the molecule is [N-]=[N+]=Nc1nc2nc[nH]c(=O)c2[nH]1. The summed E-state index contributed by atoms with van der Waals surface area (Å²) in [7, 11) is 0. The lowest BCUT2D eigenvalue weighted by molar-refractivity contribution is 1.15. The van der Waals surface area contributed by atoms with Gasteiger partial charge in [-0.1, -0.05) is 0 Å². The minimum absolute atomic E-state index is 0.0294. The maximum Gasteiger partial charge on any atom is 0.276 e. The monoisotopic (exact) mass is 177 g/mol. The number of hydrogen-bond donors (Lipinski definition) is 2. The number of H-pyrrole nitrogens is 2. The lowest BCUT2D eigenvalue weighted by Gasteiger charge is -1.81. The second-order valence-corrected chi connectivity index (χ2v) is 2.18. The Morgan fingerprint density at radius 1 is 1.62 bits per heavy atom. The lowest BCUT2D eigenvalue weighted by Crippen LogP contribution is -2.05. The van der Waals surface area contributed by atoms with Gasteiger partial charge in [-0.3, -0.25) is 4.79 Å². The zero-order valence-corrected chi connectivity index (χ0v) is 6.22. The van der Waals surface area contributed by atoms with Gasteiger partial charge in [-0.25, -0.2) is 9.97 Å². The third kappa shape index (κ3) is 1.10. The molecule has 0 spiro atoms. The molecule has 0 aromatic carbocycles. The number of nitrogens with zero attached hydrogens (tertiary/aromatic N) is 5. The van der Waals surface area contributed by atoms with Crippen LogP contribution >= 0.6 is 0 Å². The molecule has 2 N–H and O–H groups in total. The summed E-state index contributed by atoms with van der Waals surface area (Å²) in [5.41, 5.74) is 8.18. The molecule has 8 nitrogen and oxygen atoms in total. The van der Waals surface area contributed by atoms with Crippen molar-refractivity contribution < 1.29 is 0 Å². The molecule has 0 saturated heterocycles. The van der Waals surface area contributed by atoms with E-state index < -0.39 is 0 Å². The molecule has 0 atom stereocenters. The molecule has 0 bridgehead atoms. The minimum atomic E-state index is -0.350. The van der Waals surface area contributed by atoms with Gasteiger partial charge in [0, 0.05) is 4.91 Å². The Kier molecular flexibility index (Phi) is 1.47. The molecular weight excluding hydrogens is 174 g/mol. The van der Waals surface area contributed by atoms with E-state index in [2.05, 4.69) is 30.0 Å². The molecule has 0 aliphatic carbocycles. The molecule has 0 saturated carbocycles. The number of rotatable bonds is 1. The highest BCUT2D eigenvalue weighted by atomic mass is 16.1. The Hall–Kier alpha value is -2.34. The van der Waals surface area contributed by atoms with Crippen LogP contribution in [0.3, 0.4) is 0 Å². The van der Waals surface area contributed by atoms with Crippen molar-refractivity contribution in [3.63, 3.8) is 0 Å². The largest absolute Gasteiger partial charge is 0.331 e. The number of aromatic nitrogens is 4. The van der Waals surface area contributed by atoms with Gasteiger partial charge in [-0.2, -0.15) is 0 Å². The Morgan fingerprint density at radius 2 is 2.46 bits per heavy atom. The fraction of sp³-hybridized carbons (Fsp3) is 0. The number of aromatic amines is 2. The summed E-state index contributed by atoms with van der Waals surface area (Å²) < 4.78 is 0. The normalized spacial score (nSPS) is 9.85. The first-order chi connectivity index (χ1) is 6.31. The summed E-state index contributed by atoms with van der Waals surface area (Å²) in [6.45, 7) is 0. The van der Waals surface area contributed by atoms with E-state index in [4.69, 9.17) is 5.53 Å². The van der Waals surface area contributed by atoms with E-state index in [0.29, 0.717) is 0 Å². The van der Waals surface area contributed by atoms with E-state index in [-0.39, 0.29) is 22.7 Å². The average Bonchev–Trinajstić information content (AvgIpc) is 2.49. The van der Waals surface area contributed by atoms with Crippen LogP contribution in [0.15, 0.2) is 16.2 Å². The second-order valence-electron chi connectivity index (χ2n) is 2.18. The molecule has 13 heavy (non-hydrogen) atoms. The highest BCUT2D eigenvalue weighted by Gasteiger charge is 2.04. The summed E-state index contributed by atoms with van der Waals surface area (Å²) in [6, 6.07) is 0. The third-order valence-electron chi connectivity index (χ3n) is 1.42. The summed E-state index contributed by atoms with van der Waals surface area (Å²) in [5, 5.41) is 3.21. The quantitative estimate of drug-likeness (QED) is 0.376. The smallest absolute Gasteiger partial charge is 0.276 e. The first-order valence-corrected chi connectivity index (χ1v) is 3.30.